The lowest BCUT2D eigenvalue weighted by atomic mass is 10.2. The molecule has 1 fully saturated rings. The predicted molar refractivity (Wildman–Crippen MR) is 92.8 cm³/mol. The van der Waals surface area contributed by atoms with Crippen LogP contribution in [0.25, 0.3) is 0 Å². The highest BCUT2D eigenvalue weighted by Gasteiger charge is 2.27. The summed E-state index contributed by atoms with van der Waals surface area (Å²) in [5.41, 5.74) is 0.867. The maximum atomic E-state index is 13.7. The molecule has 1 aliphatic heterocycles. The second kappa shape index (κ2) is 8.14. The fourth-order valence-corrected chi connectivity index (χ4v) is 2.86. The normalized spacial score (nSPS) is 16.6. The Hall–Kier alpha value is -2.67. The van der Waals surface area contributed by atoms with E-state index in [9.17, 15) is 13.6 Å². The van der Waals surface area contributed by atoms with Gasteiger partial charge in [-0.2, -0.15) is 0 Å². The van der Waals surface area contributed by atoms with Crippen LogP contribution >= 0.6 is 0 Å². The van der Waals surface area contributed by atoms with E-state index in [2.05, 4.69) is 5.32 Å². The van der Waals surface area contributed by atoms with Crippen molar-refractivity contribution in [2.75, 3.05) is 25.0 Å². The van der Waals surface area contributed by atoms with Gasteiger partial charge in [0.15, 0.2) is 6.61 Å². The molecule has 0 radical (unpaired) electrons. The SMILES string of the molecule is O=C(COc1ccc(CO)cc1)N1CCC(Nc2cc(F)ccc2F)C1. The zero-order valence-corrected chi connectivity index (χ0v) is 14.1. The molecule has 2 aromatic rings. The van der Waals surface area contributed by atoms with Crippen molar-refractivity contribution in [3.05, 3.63) is 59.7 Å². The zero-order valence-electron chi connectivity index (χ0n) is 14.1. The largest absolute Gasteiger partial charge is 0.484 e. The van der Waals surface area contributed by atoms with Crippen molar-refractivity contribution in [1.29, 1.82) is 0 Å². The van der Waals surface area contributed by atoms with Crippen LogP contribution in [0.4, 0.5) is 14.5 Å². The Labute approximate surface area is 150 Å². The molecule has 5 nitrogen and oxygen atoms in total. The van der Waals surface area contributed by atoms with Crippen LogP contribution in [0, 0.1) is 11.6 Å². The van der Waals surface area contributed by atoms with E-state index in [0.29, 0.717) is 25.3 Å². The summed E-state index contributed by atoms with van der Waals surface area (Å²) in [6.45, 7) is 0.786. The molecule has 1 heterocycles. The fraction of sp³-hybridized carbons (Fsp3) is 0.316. The summed E-state index contributed by atoms with van der Waals surface area (Å²) >= 11 is 0. The van der Waals surface area contributed by atoms with Gasteiger partial charge in [0.05, 0.1) is 12.3 Å². The van der Waals surface area contributed by atoms with E-state index in [1.807, 2.05) is 0 Å². The number of likely N-dealkylation sites (tertiary alicyclic amines) is 1. The van der Waals surface area contributed by atoms with Gasteiger partial charge in [-0.3, -0.25) is 4.79 Å². The number of benzene rings is 2. The van der Waals surface area contributed by atoms with Gasteiger partial charge in [0.25, 0.3) is 5.91 Å². The molecule has 7 heteroatoms. The highest BCUT2D eigenvalue weighted by Crippen LogP contribution is 2.20. The van der Waals surface area contributed by atoms with Gasteiger partial charge in [0.1, 0.15) is 17.4 Å². The van der Waals surface area contributed by atoms with Crippen LogP contribution in [0.5, 0.6) is 5.75 Å². The molecule has 0 aliphatic carbocycles. The Morgan fingerprint density at radius 3 is 2.73 bits per heavy atom. The minimum Gasteiger partial charge on any atom is -0.484 e. The number of nitrogens with one attached hydrogen (secondary N) is 1. The molecule has 0 bridgehead atoms. The minimum atomic E-state index is -0.522. The van der Waals surface area contributed by atoms with Gasteiger partial charge in [-0.05, 0) is 42.3 Å². The molecule has 3 rings (SSSR count). The van der Waals surface area contributed by atoms with Gasteiger partial charge in [-0.25, -0.2) is 8.78 Å². The zero-order chi connectivity index (χ0) is 18.5. The van der Waals surface area contributed by atoms with Crippen molar-refractivity contribution in [3.63, 3.8) is 0 Å². The van der Waals surface area contributed by atoms with Crippen LogP contribution in [-0.4, -0.2) is 41.7 Å². The predicted octanol–water partition coefficient (Wildman–Crippen LogP) is 2.55. The maximum Gasteiger partial charge on any atom is 0.260 e. The van der Waals surface area contributed by atoms with E-state index >= 15 is 0 Å². The Morgan fingerprint density at radius 2 is 2.00 bits per heavy atom. The van der Waals surface area contributed by atoms with Gasteiger partial charge < -0.3 is 20.1 Å². The number of amides is 1. The standard InChI is InChI=1S/C19H20F2N2O3/c20-14-3-6-17(21)18(9-14)22-15-7-8-23(10-15)19(25)12-26-16-4-1-13(11-24)2-5-16/h1-6,9,15,22,24H,7-8,10-12H2. The molecule has 1 atom stereocenters. The average Bonchev–Trinajstić information content (AvgIpc) is 3.12. The number of anilines is 1. The van der Waals surface area contributed by atoms with Crippen LogP contribution in [0.15, 0.2) is 42.5 Å². The van der Waals surface area contributed by atoms with Crippen LogP contribution in [-0.2, 0) is 11.4 Å². The second-order valence-electron chi connectivity index (χ2n) is 6.18. The van der Waals surface area contributed by atoms with Crippen LogP contribution in [0.2, 0.25) is 0 Å². The van der Waals surface area contributed by atoms with Gasteiger partial charge in [0.2, 0.25) is 0 Å². The summed E-state index contributed by atoms with van der Waals surface area (Å²) < 4.78 is 32.4. The summed E-state index contributed by atoms with van der Waals surface area (Å²) in [6.07, 6.45) is 0.646. The molecule has 2 N–H and O–H groups in total. The Morgan fingerprint density at radius 1 is 1.23 bits per heavy atom. The smallest absolute Gasteiger partial charge is 0.260 e. The number of carbonyl (C=O) groups is 1. The Kier molecular flexibility index (Phi) is 5.68. The summed E-state index contributed by atoms with van der Waals surface area (Å²) in [5, 5.41) is 11.9. The molecule has 0 saturated carbocycles. The number of rotatable bonds is 6. The van der Waals surface area contributed by atoms with Crippen molar-refractivity contribution in [3.8, 4) is 5.75 Å². The first kappa shape index (κ1) is 18.1. The summed E-state index contributed by atoms with van der Waals surface area (Å²) in [7, 11) is 0. The Bertz CT molecular complexity index is 768. The van der Waals surface area contributed by atoms with Crippen molar-refractivity contribution < 1.29 is 23.4 Å². The third-order valence-electron chi connectivity index (χ3n) is 4.30. The number of halogens is 2. The highest BCUT2D eigenvalue weighted by molar-refractivity contribution is 5.78. The molecular weight excluding hydrogens is 342 g/mol. The molecule has 2 aromatic carbocycles. The third kappa shape index (κ3) is 4.49. The first-order valence-electron chi connectivity index (χ1n) is 8.37. The number of nitrogens with zero attached hydrogens (tertiary/aromatic N) is 1. The van der Waals surface area contributed by atoms with E-state index < -0.39 is 11.6 Å². The minimum absolute atomic E-state index is 0.0483. The number of ether oxygens (including phenoxy) is 1. The quantitative estimate of drug-likeness (QED) is 0.829. The topological polar surface area (TPSA) is 61.8 Å². The van der Waals surface area contributed by atoms with Gasteiger partial charge in [-0.15, -0.1) is 0 Å². The van der Waals surface area contributed by atoms with Crippen molar-refractivity contribution in [2.24, 2.45) is 0 Å². The molecule has 1 saturated heterocycles. The summed E-state index contributed by atoms with van der Waals surface area (Å²) in [6, 6.07) is 9.95. The lowest BCUT2D eigenvalue weighted by Crippen LogP contribution is -2.35. The molecular formula is C19H20F2N2O3. The van der Waals surface area contributed by atoms with Crippen molar-refractivity contribution in [2.45, 2.75) is 19.1 Å². The maximum absolute atomic E-state index is 13.7. The van der Waals surface area contributed by atoms with Gasteiger partial charge in [-0.1, -0.05) is 12.1 Å². The molecule has 26 heavy (non-hydrogen) atoms. The number of hydrogen-bond acceptors (Lipinski definition) is 4. The fourth-order valence-electron chi connectivity index (χ4n) is 2.86. The molecule has 138 valence electrons. The van der Waals surface area contributed by atoms with E-state index in [4.69, 9.17) is 9.84 Å². The first-order chi connectivity index (χ1) is 12.5. The van der Waals surface area contributed by atoms with E-state index in [-0.39, 0.29) is 30.9 Å². The molecule has 1 unspecified atom stereocenters. The van der Waals surface area contributed by atoms with E-state index in [1.165, 1.54) is 0 Å². The molecule has 1 aliphatic rings. The molecule has 0 aromatic heterocycles. The number of carbonyl (C=O) groups excluding carboxylic acids is 1. The monoisotopic (exact) mass is 362 g/mol. The highest BCUT2D eigenvalue weighted by atomic mass is 19.1. The third-order valence-corrected chi connectivity index (χ3v) is 4.30. The first-order valence-corrected chi connectivity index (χ1v) is 8.37. The van der Waals surface area contributed by atoms with Gasteiger partial charge >= 0.3 is 0 Å². The van der Waals surface area contributed by atoms with Gasteiger partial charge in [0, 0.05) is 19.1 Å². The average molecular weight is 362 g/mol. The Balaban J connectivity index is 1.49. The molecule has 1 amide bonds. The summed E-state index contributed by atoms with van der Waals surface area (Å²) in [5.74, 6) is -0.655. The number of hydrogen-bond donors (Lipinski definition) is 2. The van der Waals surface area contributed by atoms with E-state index in [0.717, 1.165) is 23.8 Å². The van der Waals surface area contributed by atoms with Crippen LogP contribution in [0.3, 0.4) is 0 Å². The second-order valence-corrected chi connectivity index (χ2v) is 6.18. The van der Waals surface area contributed by atoms with Crippen LogP contribution in [0.1, 0.15) is 12.0 Å². The van der Waals surface area contributed by atoms with E-state index in [1.54, 1.807) is 29.2 Å². The summed E-state index contributed by atoms with van der Waals surface area (Å²) in [4.78, 5) is 13.9. The lowest BCUT2D eigenvalue weighted by Gasteiger charge is -2.18. The molecule has 0 spiro atoms. The number of aliphatic hydroxyl groups excluding tert-OH is 1. The number of aliphatic hydroxyl groups is 1. The lowest BCUT2D eigenvalue weighted by molar-refractivity contribution is -0.132. The van der Waals surface area contributed by atoms with Crippen molar-refractivity contribution >= 4 is 11.6 Å². The van der Waals surface area contributed by atoms with Crippen LogP contribution < -0.4 is 10.1 Å². The van der Waals surface area contributed by atoms with Crippen molar-refractivity contribution in [1.82, 2.24) is 4.90 Å².